The minimum atomic E-state index is -0.293. The van der Waals surface area contributed by atoms with E-state index in [9.17, 15) is 4.39 Å². The van der Waals surface area contributed by atoms with E-state index in [2.05, 4.69) is 17.2 Å². The number of pyridine rings is 1. The summed E-state index contributed by atoms with van der Waals surface area (Å²) >= 11 is 0. The molecule has 2 rings (SSSR count). The van der Waals surface area contributed by atoms with Gasteiger partial charge in [0.25, 0.3) is 0 Å². The standard InChI is InChI=1S/C15H19FN2O/c1-2-7-18-15(6-5-14-4-3-8-19-14)12-9-13(16)11-17-10-12/h3-4,8-11,15,18H,2,5-7H2,1H3. The third-order valence-corrected chi connectivity index (χ3v) is 3.03. The summed E-state index contributed by atoms with van der Waals surface area (Å²) in [6, 6.07) is 5.49. The first-order valence-electron chi connectivity index (χ1n) is 6.66. The van der Waals surface area contributed by atoms with E-state index >= 15 is 0 Å². The van der Waals surface area contributed by atoms with Gasteiger partial charge in [-0.3, -0.25) is 4.98 Å². The highest BCUT2D eigenvalue weighted by molar-refractivity contribution is 5.15. The number of aryl methyl sites for hydroxylation is 1. The van der Waals surface area contributed by atoms with E-state index in [4.69, 9.17) is 4.42 Å². The fraction of sp³-hybridized carbons (Fsp3) is 0.400. The highest BCUT2D eigenvalue weighted by atomic mass is 19.1. The molecule has 3 nitrogen and oxygen atoms in total. The number of furan rings is 1. The molecule has 0 fully saturated rings. The number of hydrogen-bond donors (Lipinski definition) is 1. The number of aromatic nitrogens is 1. The highest BCUT2D eigenvalue weighted by Gasteiger charge is 2.12. The van der Waals surface area contributed by atoms with Crippen LogP contribution in [0, 0.1) is 5.82 Å². The molecule has 4 heteroatoms. The normalized spacial score (nSPS) is 12.5. The number of halogens is 1. The van der Waals surface area contributed by atoms with E-state index in [0.717, 1.165) is 37.1 Å². The molecule has 0 aliphatic heterocycles. The van der Waals surface area contributed by atoms with Crippen LogP contribution in [0.3, 0.4) is 0 Å². The summed E-state index contributed by atoms with van der Waals surface area (Å²) < 4.78 is 18.6. The monoisotopic (exact) mass is 262 g/mol. The molecule has 0 aliphatic carbocycles. The first-order valence-corrected chi connectivity index (χ1v) is 6.66. The first kappa shape index (κ1) is 13.7. The summed E-state index contributed by atoms with van der Waals surface area (Å²) in [5.74, 6) is 0.659. The molecule has 19 heavy (non-hydrogen) atoms. The van der Waals surface area contributed by atoms with Gasteiger partial charge < -0.3 is 9.73 Å². The van der Waals surface area contributed by atoms with Gasteiger partial charge in [-0.25, -0.2) is 4.39 Å². The Bertz CT molecular complexity index is 485. The van der Waals surface area contributed by atoms with E-state index in [-0.39, 0.29) is 11.9 Å². The van der Waals surface area contributed by atoms with Crippen LogP contribution >= 0.6 is 0 Å². The maximum Gasteiger partial charge on any atom is 0.141 e. The summed E-state index contributed by atoms with van der Waals surface area (Å²) in [5.41, 5.74) is 0.889. The van der Waals surface area contributed by atoms with Gasteiger partial charge in [-0.05, 0) is 43.1 Å². The molecule has 0 saturated carbocycles. The predicted octanol–water partition coefficient (Wildman–Crippen LogP) is 3.49. The Morgan fingerprint density at radius 1 is 1.42 bits per heavy atom. The fourth-order valence-corrected chi connectivity index (χ4v) is 2.07. The van der Waals surface area contributed by atoms with Gasteiger partial charge in [-0.15, -0.1) is 0 Å². The molecule has 1 atom stereocenters. The molecular formula is C15H19FN2O. The lowest BCUT2D eigenvalue weighted by molar-refractivity contribution is 0.450. The van der Waals surface area contributed by atoms with Crippen molar-refractivity contribution in [2.75, 3.05) is 6.54 Å². The van der Waals surface area contributed by atoms with Crippen molar-refractivity contribution in [1.29, 1.82) is 0 Å². The third kappa shape index (κ3) is 4.17. The Morgan fingerprint density at radius 2 is 2.32 bits per heavy atom. The molecule has 102 valence electrons. The molecule has 0 radical (unpaired) electrons. The van der Waals surface area contributed by atoms with Crippen LogP contribution < -0.4 is 5.32 Å². The Labute approximate surface area is 112 Å². The molecule has 1 unspecified atom stereocenters. The van der Waals surface area contributed by atoms with Crippen LogP contribution in [0.25, 0.3) is 0 Å². The van der Waals surface area contributed by atoms with E-state index in [1.807, 2.05) is 12.1 Å². The van der Waals surface area contributed by atoms with Crippen LogP contribution in [0.15, 0.2) is 41.3 Å². The van der Waals surface area contributed by atoms with Crippen molar-refractivity contribution in [2.24, 2.45) is 0 Å². The maximum atomic E-state index is 13.3. The zero-order chi connectivity index (χ0) is 13.5. The van der Waals surface area contributed by atoms with Crippen LogP contribution in [-0.2, 0) is 6.42 Å². The van der Waals surface area contributed by atoms with Crippen molar-refractivity contribution in [1.82, 2.24) is 10.3 Å². The minimum absolute atomic E-state index is 0.105. The molecule has 0 saturated heterocycles. The van der Waals surface area contributed by atoms with Crippen LogP contribution in [-0.4, -0.2) is 11.5 Å². The van der Waals surface area contributed by atoms with Crippen LogP contribution in [0.1, 0.15) is 37.1 Å². The molecule has 0 spiro atoms. The number of nitrogens with zero attached hydrogens (tertiary/aromatic N) is 1. The lowest BCUT2D eigenvalue weighted by Crippen LogP contribution is -2.23. The topological polar surface area (TPSA) is 38.1 Å². The SMILES string of the molecule is CCCNC(CCc1ccco1)c1cncc(F)c1. The average Bonchev–Trinajstić information content (AvgIpc) is 2.92. The summed E-state index contributed by atoms with van der Waals surface area (Å²) in [5, 5.41) is 3.43. The molecule has 0 bridgehead atoms. The Balaban J connectivity index is 2.02. The van der Waals surface area contributed by atoms with E-state index < -0.39 is 0 Å². The highest BCUT2D eigenvalue weighted by Crippen LogP contribution is 2.19. The van der Waals surface area contributed by atoms with Crippen molar-refractivity contribution >= 4 is 0 Å². The quantitative estimate of drug-likeness (QED) is 0.830. The van der Waals surface area contributed by atoms with Gasteiger partial charge in [0.1, 0.15) is 11.6 Å². The van der Waals surface area contributed by atoms with Gasteiger partial charge in [0, 0.05) is 18.7 Å². The molecule has 2 aromatic heterocycles. The molecule has 0 amide bonds. The van der Waals surface area contributed by atoms with Crippen molar-refractivity contribution in [2.45, 2.75) is 32.2 Å². The van der Waals surface area contributed by atoms with E-state index in [1.165, 1.54) is 6.20 Å². The average molecular weight is 262 g/mol. The van der Waals surface area contributed by atoms with Gasteiger partial charge in [0.15, 0.2) is 0 Å². The van der Waals surface area contributed by atoms with Crippen molar-refractivity contribution in [3.05, 3.63) is 54.0 Å². The molecular weight excluding hydrogens is 243 g/mol. The number of nitrogens with one attached hydrogen (secondary N) is 1. The van der Waals surface area contributed by atoms with Crippen molar-refractivity contribution in [3.63, 3.8) is 0 Å². The molecule has 2 aromatic rings. The first-order chi connectivity index (χ1) is 9.29. The number of rotatable bonds is 7. The molecule has 1 N–H and O–H groups in total. The second-order valence-electron chi connectivity index (χ2n) is 4.56. The Morgan fingerprint density at radius 3 is 3.00 bits per heavy atom. The van der Waals surface area contributed by atoms with Crippen molar-refractivity contribution < 1.29 is 8.81 Å². The van der Waals surface area contributed by atoms with Gasteiger partial charge in [0.2, 0.25) is 0 Å². The van der Waals surface area contributed by atoms with Crippen LogP contribution in [0.5, 0.6) is 0 Å². The second kappa shape index (κ2) is 7.04. The predicted molar refractivity (Wildman–Crippen MR) is 72.3 cm³/mol. The van der Waals surface area contributed by atoms with Crippen LogP contribution in [0.2, 0.25) is 0 Å². The Hall–Kier alpha value is -1.68. The second-order valence-corrected chi connectivity index (χ2v) is 4.56. The third-order valence-electron chi connectivity index (χ3n) is 3.03. The largest absolute Gasteiger partial charge is 0.469 e. The Kier molecular flexibility index (Phi) is 5.10. The van der Waals surface area contributed by atoms with Gasteiger partial charge in [-0.2, -0.15) is 0 Å². The summed E-state index contributed by atoms with van der Waals surface area (Å²) in [6.07, 6.45) is 7.35. The van der Waals surface area contributed by atoms with E-state index in [0.29, 0.717) is 0 Å². The zero-order valence-electron chi connectivity index (χ0n) is 11.1. The fourth-order valence-electron chi connectivity index (χ4n) is 2.07. The van der Waals surface area contributed by atoms with Gasteiger partial charge in [0.05, 0.1) is 12.5 Å². The maximum absolute atomic E-state index is 13.3. The molecule has 0 aromatic carbocycles. The minimum Gasteiger partial charge on any atom is -0.469 e. The van der Waals surface area contributed by atoms with Gasteiger partial charge in [-0.1, -0.05) is 6.92 Å². The van der Waals surface area contributed by atoms with E-state index in [1.54, 1.807) is 18.5 Å². The molecule has 0 aliphatic rings. The lowest BCUT2D eigenvalue weighted by atomic mass is 10.0. The lowest BCUT2D eigenvalue weighted by Gasteiger charge is -2.18. The summed E-state index contributed by atoms with van der Waals surface area (Å²) in [4.78, 5) is 3.92. The summed E-state index contributed by atoms with van der Waals surface area (Å²) in [6.45, 7) is 3.01. The van der Waals surface area contributed by atoms with Crippen molar-refractivity contribution in [3.8, 4) is 0 Å². The smallest absolute Gasteiger partial charge is 0.141 e. The molecule has 2 heterocycles. The number of hydrogen-bond acceptors (Lipinski definition) is 3. The zero-order valence-corrected chi connectivity index (χ0v) is 11.1. The summed E-state index contributed by atoms with van der Waals surface area (Å²) in [7, 11) is 0. The van der Waals surface area contributed by atoms with Crippen LogP contribution in [0.4, 0.5) is 4.39 Å². The van der Waals surface area contributed by atoms with Gasteiger partial charge >= 0.3 is 0 Å².